The molecule has 0 saturated carbocycles. The lowest BCUT2D eigenvalue weighted by Gasteiger charge is -2.31. The number of carbonyl (C=O) groups excluding carboxylic acids is 1. The second-order valence-electron chi connectivity index (χ2n) is 4.74. The number of amides is 1. The summed E-state index contributed by atoms with van der Waals surface area (Å²) in [6, 6.07) is 3.13. The van der Waals surface area contributed by atoms with E-state index in [4.69, 9.17) is 0 Å². The van der Waals surface area contributed by atoms with Crippen molar-refractivity contribution in [2.24, 2.45) is 11.8 Å². The Hall–Kier alpha value is -1.62. The molecule has 0 spiro atoms. The number of hydrogen-bond acceptors (Lipinski definition) is 3. The molecule has 0 aliphatic carbocycles. The lowest BCUT2D eigenvalue weighted by Crippen LogP contribution is -2.48. The van der Waals surface area contributed by atoms with Crippen LogP contribution in [-0.4, -0.2) is 23.6 Å². The summed E-state index contributed by atoms with van der Waals surface area (Å²) >= 11 is 0. The van der Waals surface area contributed by atoms with Gasteiger partial charge in [0.25, 0.3) is 5.56 Å². The van der Waals surface area contributed by atoms with Gasteiger partial charge in [0.2, 0.25) is 5.91 Å². The molecule has 1 aliphatic heterocycles. The average Bonchev–Trinajstić information content (AvgIpc) is 2.29. The zero-order valence-corrected chi connectivity index (χ0v) is 10.8. The zero-order valence-electron chi connectivity index (χ0n) is 10.8. The fourth-order valence-corrected chi connectivity index (χ4v) is 1.99. The summed E-state index contributed by atoms with van der Waals surface area (Å²) < 4.78 is 1.57. The second kappa shape index (κ2) is 5.35. The first kappa shape index (κ1) is 12.8. The van der Waals surface area contributed by atoms with Crippen molar-refractivity contribution < 1.29 is 4.79 Å². The summed E-state index contributed by atoms with van der Waals surface area (Å²) in [7, 11) is 0. The maximum Gasteiger partial charge on any atom is 0.250 e. The molecule has 1 aromatic heterocycles. The highest BCUT2D eigenvalue weighted by Gasteiger charge is 2.28. The summed E-state index contributed by atoms with van der Waals surface area (Å²) in [6.45, 7) is 6.25. The fourth-order valence-electron chi connectivity index (χ4n) is 1.99. The third-order valence-electron chi connectivity index (χ3n) is 3.53. The normalized spacial score (nSPS) is 17.0. The smallest absolute Gasteiger partial charge is 0.250 e. The van der Waals surface area contributed by atoms with E-state index in [0.29, 0.717) is 18.2 Å². The van der Waals surface area contributed by atoms with Crippen LogP contribution in [0.1, 0.15) is 13.8 Å². The predicted octanol–water partition coefficient (Wildman–Crippen LogP) is 0.662. The summed E-state index contributed by atoms with van der Waals surface area (Å²) in [5.74, 6) is 0.429. The lowest BCUT2D eigenvalue weighted by atomic mass is 9.88. The predicted molar refractivity (Wildman–Crippen MR) is 70.5 cm³/mol. The minimum Gasteiger partial charge on any atom is -0.325 e. The highest BCUT2D eigenvalue weighted by Crippen LogP contribution is 2.17. The van der Waals surface area contributed by atoms with Crippen molar-refractivity contribution in [2.75, 3.05) is 18.4 Å². The lowest BCUT2D eigenvalue weighted by molar-refractivity contribution is -0.121. The summed E-state index contributed by atoms with van der Waals surface area (Å²) in [5.41, 5.74) is 0.632. The molecule has 2 rings (SSSR count). The molecule has 2 heterocycles. The number of hydrogen-bond donors (Lipinski definition) is 2. The van der Waals surface area contributed by atoms with Crippen molar-refractivity contribution in [3.63, 3.8) is 0 Å². The standard InChI is InChI=1S/C13H19N3O2/c1-3-16-8-11(4-5-12(16)17)15-13(18)9(2)10-6-14-7-10/h4-5,8-10,14H,3,6-7H2,1-2H3,(H,15,18). The van der Waals surface area contributed by atoms with Crippen LogP contribution in [0.4, 0.5) is 5.69 Å². The SMILES string of the molecule is CCn1cc(NC(=O)C(C)C2CNC2)ccc1=O. The molecule has 5 heteroatoms. The highest BCUT2D eigenvalue weighted by atomic mass is 16.2. The molecule has 1 saturated heterocycles. The van der Waals surface area contributed by atoms with Crippen LogP contribution in [0.3, 0.4) is 0 Å². The van der Waals surface area contributed by atoms with Gasteiger partial charge in [0.1, 0.15) is 0 Å². The fraction of sp³-hybridized carbons (Fsp3) is 0.538. The molecule has 5 nitrogen and oxygen atoms in total. The Kier molecular flexibility index (Phi) is 3.81. The van der Waals surface area contributed by atoms with Crippen molar-refractivity contribution in [1.29, 1.82) is 0 Å². The number of anilines is 1. The number of carbonyl (C=O) groups is 1. The van der Waals surface area contributed by atoms with E-state index in [1.807, 2.05) is 13.8 Å². The number of aryl methyl sites for hydroxylation is 1. The van der Waals surface area contributed by atoms with E-state index in [9.17, 15) is 9.59 Å². The second-order valence-corrected chi connectivity index (χ2v) is 4.74. The Morgan fingerprint density at radius 3 is 2.83 bits per heavy atom. The molecule has 1 unspecified atom stereocenters. The van der Waals surface area contributed by atoms with Gasteiger partial charge in [-0.1, -0.05) is 6.92 Å². The monoisotopic (exact) mass is 249 g/mol. The van der Waals surface area contributed by atoms with Gasteiger partial charge in [-0.05, 0) is 32.0 Å². The van der Waals surface area contributed by atoms with E-state index >= 15 is 0 Å². The Bertz CT molecular complexity index is 491. The van der Waals surface area contributed by atoms with Crippen LogP contribution in [0.5, 0.6) is 0 Å². The van der Waals surface area contributed by atoms with Crippen molar-refractivity contribution in [3.05, 3.63) is 28.7 Å². The minimum atomic E-state index is -0.0493. The third kappa shape index (κ3) is 2.61. The molecule has 1 atom stereocenters. The Labute approximate surface area is 106 Å². The highest BCUT2D eigenvalue weighted by molar-refractivity contribution is 5.92. The van der Waals surface area contributed by atoms with Crippen molar-refractivity contribution >= 4 is 11.6 Å². The van der Waals surface area contributed by atoms with E-state index in [1.54, 1.807) is 16.8 Å². The van der Waals surface area contributed by atoms with E-state index < -0.39 is 0 Å². The molecule has 98 valence electrons. The van der Waals surface area contributed by atoms with Gasteiger partial charge in [0.05, 0.1) is 5.69 Å². The van der Waals surface area contributed by atoms with E-state index in [2.05, 4.69) is 10.6 Å². The van der Waals surface area contributed by atoms with Crippen LogP contribution in [0.2, 0.25) is 0 Å². The topological polar surface area (TPSA) is 63.1 Å². The number of pyridine rings is 1. The van der Waals surface area contributed by atoms with Crippen molar-refractivity contribution in [3.8, 4) is 0 Å². The molecule has 1 aromatic rings. The molecular formula is C13H19N3O2. The Balaban J connectivity index is 2.04. The number of rotatable bonds is 4. The van der Waals surface area contributed by atoms with Gasteiger partial charge < -0.3 is 15.2 Å². The maximum absolute atomic E-state index is 12.0. The molecule has 18 heavy (non-hydrogen) atoms. The van der Waals surface area contributed by atoms with Gasteiger partial charge in [0.15, 0.2) is 0 Å². The van der Waals surface area contributed by atoms with Gasteiger partial charge in [-0.25, -0.2) is 0 Å². The molecule has 0 bridgehead atoms. The molecule has 2 N–H and O–H groups in total. The molecule has 0 aromatic carbocycles. The zero-order chi connectivity index (χ0) is 13.1. The number of nitrogens with zero attached hydrogens (tertiary/aromatic N) is 1. The van der Waals surface area contributed by atoms with Gasteiger partial charge in [-0.2, -0.15) is 0 Å². The molecule has 1 amide bonds. The first-order chi connectivity index (χ1) is 8.61. The van der Waals surface area contributed by atoms with Gasteiger partial charge in [-0.3, -0.25) is 9.59 Å². The minimum absolute atomic E-state index is 0.00625. The largest absolute Gasteiger partial charge is 0.325 e. The van der Waals surface area contributed by atoms with Crippen molar-refractivity contribution in [2.45, 2.75) is 20.4 Å². The molecular weight excluding hydrogens is 230 g/mol. The average molecular weight is 249 g/mol. The van der Waals surface area contributed by atoms with Gasteiger partial charge >= 0.3 is 0 Å². The first-order valence-electron chi connectivity index (χ1n) is 6.34. The van der Waals surface area contributed by atoms with Crippen LogP contribution >= 0.6 is 0 Å². The van der Waals surface area contributed by atoms with Gasteiger partial charge in [-0.15, -0.1) is 0 Å². The van der Waals surface area contributed by atoms with Crippen molar-refractivity contribution in [1.82, 2.24) is 9.88 Å². The van der Waals surface area contributed by atoms with Crippen LogP contribution in [-0.2, 0) is 11.3 Å². The molecule has 1 aliphatic rings. The Morgan fingerprint density at radius 1 is 1.56 bits per heavy atom. The van der Waals surface area contributed by atoms with Crippen LogP contribution in [0.25, 0.3) is 0 Å². The quantitative estimate of drug-likeness (QED) is 0.824. The van der Waals surface area contributed by atoms with E-state index in [0.717, 1.165) is 13.1 Å². The van der Waals surface area contributed by atoms with Gasteiger partial charge in [0, 0.05) is 24.7 Å². The number of nitrogens with one attached hydrogen (secondary N) is 2. The first-order valence-corrected chi connectivity index (χ1v) is 6.34. The van der Waals surface area contributed by atoms with Crippen LogP contribution in [0, 0.1) is 11.8 Å². The van der Waals surface area contributed by atoms with Crippen LogP contribution in [0.15, 0.2) is 23.1 Å². The third-order valence-corrected chi connectivity index (χ3v) is 3.53. The Morgan fingerprint density at radius 2 is 2.28 bits per heavy atom. The maximum atomic E-state index is 12.0. The van der Waals surface area contributed by atoms with Crippen LogP contribution < -0.4 is 16.2 Å². The number of aromatic nitrogens is 1. The van der Waals surface area contributed by atoms with E-state index in [-0.39, 0.29) is 17.4 Å². The summed E-state index contributed by atoms with van der Waals surface area (Å²) in [5, 5.41) is 6.03. The van der Waals surface area contributed by atoms with E-state index in [1.165, 1.54) is 6.07 Å². The molecule has 1 fully saturated rings. The molecule has 0 radical (unpaired) electrons. The summed E-state index contributed by atoms with van der Waals surface area (Å²) in [4.78, 5) is 23.4. The summed E-state index contributed by atoms with van der Waals surface area (Å²) in [6.07, 6.45) is 1.69.